The average molecular weight is 170 g/mol. The highest BCUT2D eigenvalue weighted by Gasteiger charge is 2.22. The molecule has 0 spiro atoms. The van der Waals surface area contributed by atoms with E-state index < -0.39 is 0 Å². The zero-order chi connectivity index (χ0) is 9.14. The molecule has 1 N–H and O–H groups in total. The van der Waals surface area contributed by atoms with Crippen LogP contribution in [0.2, 0.25) is 0 Å². The van der Waals surface area contributed by atoms with E-state index in [1.54, 1.807) is 19.0 Å². The van der Waals surface area contributed by atoms with Gasteiger partial charge in [0.15, 0.2) is 0 Å². The van der Waals surface area contributed by atoms with E-state index in [1.807, 2.05) is 13.0 Å². The van der Waals surface area contributed by atoms with Crippen molar-refractivity contribution in [1.29, 1.82) is 0 Å². The Labute approximate surface area is 72.2 Å². The molecule has 1 atom stereocenters. The van der Waals surface area contributed by atoms with Gasteiger partial charge in [0.25, 0.3) is 0 Å². The van der Waals surface area contributed by atoms with Crippen molar-refractivity contribution >= 4 is 5.97 Å². The summed E-state index contributed by atoms with van der Waals surface area (Å²) in [5.41, 5.74) is 3.63. The van der Waals surface area contributed by atoms with Gasteiger partial charge in [0.05, 0.1) is 6.61 Å². The number of esters is 1. The molecule has 0 bridgehead atoms. The van der Waals surface area contributed by atoms with Crippen LogP contribution in [0.25, 0.3) is 0 Å². The number of hydrazine groups is 1. The molecule has 0 aromatic heterocycles. The van der Waals surface area contributed by atoms with Crippen LogP contribution in [-0.4, -0.2) is 30.7 Å². The van der Waals surface area contributed by atoms with Crippen molar-refractivity contribution < 1.29 is 9.53 Å². The van der Waals surface area contributed by atoms with Gasteiger partial charge in [-0.1, -0.05) is 0 Å². The summed E-state index contributed by atoms with van der Waals surface area (Å²) < 4.78 is 4.86. The van der Waals surface area contributed by atoms with Gasteiger partial charge < -0.3 is 9.75 Å². The maximum absolute atomic E-state index is 11.2. The second kappa shape index (κ2) is 3.58. The Hall–Kier alpha value is -1.03. The summed E-state index contributed by atoms with van der Waals surface area (Å²) in [4.78, 5) is 11.2. The number of hydrogen-bond acceptors (Lipinski definition) is 4. The lowest BCUT2D eigenvalue weighted by molar-refractivity contribution is -0.140. The van der Waals surface area contributed by atoms with Gasteiger partial charge in [0.1, 0.15) is 5.70 Å². The highest BCUT2D eigenvalue weighted by atomic mass is 16.5. The molecule has 1 unspecified atom stereocenters. The number of ether oxygens (including phenoxy) is 1. The number of carbonyl (C=O) groups excluding carboxylic acids is 1. The molecule has 1 rings (SSSR count). The Morgan fingerprint density at radius 1 is 1.83 bits per heavy atom. The number of nitrogens with one attached hydrogen (secondary N) is 1. The number of likely N-dealkylation sites (N-methyl/N-ethyl adjacent to an activating group) is 1. The lowest BCUT2D eigenvalue weighted by atomic mass is 10.3. The number of carbonyl (C=O) groups is 1. The first-order valence-electron chi connectivity index (χ1n) is 4.04. The predicted molar refractivity (Wildman–Crippen MR) is 45.1 cm³/mol. The van der Waals surface area contributed by atoms with E-state index >= 15 is 0 Å². The molecule has 0 aliphatic carbocycles. The normalized spacial score (nSPS) is 22.4. The van der Waals surface area contributed by atoms with Crippen LogP contribution in [0.3, 0.4) is 0 Å². The molecule has 4 heteroatoms. The van der Waals surface area contributed by atoms with Crippen molar-refractivity contribution in [1.82, 2.24) is 10.4 Å². The fourth-order valence-corrected chi connectivity index (χ4v) is 1.17. The Balaban J connectivity index is 2.61. The van der Waals surface area contributed by atoms with Gasteiger partial charge >= 0.3 is 5.97 Å². The lowest BCUT2D eigenvalue weighted by Gasteiger charge is -2.15. The molecule has 4 nitrogen and oxygen atoms in total. The smallest absolute Gasteiger partial charge is 0.355 e. The van der Waals surface area contributed by atoms with Crippen molar-refractivity contribution in [3.8, 4) is 0 Å². The van der Waals surface area contributed by atoms with Crippen molar-refractivity contribution in [2.45, 2.75) is 19.9 Å². The lowest BCUT2D eigenvalue weighted by Crippen LogP contribution is -2.34. The van der Waals surface area contributed by atoms with Gasteiger partial charge in [-0.25, -0.2) is 10.2 Å². The van der Waals surface area contributed by atoms with E-state index in [4.69, 9.17) is 4.74 Å². The molecule has 0 saturated carbocycles. The van der Waals surface area contributed by atoms with Crippen LogP contribution in [0.15, 0.2) is 11.8 Å². The molecule has 0 radical (unpaired) electrons. The number of rotatable bonds is 2. The number of hydrogen-bond donors (Lipinski definition) is 1. The largest absolute Gasteiger partial charge is 0.461 e. The minimum atomic E-state index is -0.267. The van der Waals surface area contributed by atoms with E-state index in [0.29, 0.717) is 12.3 Å². The second-order valence-electron chi connectivity index (χ2n) is 2.75. The molecule has 0 amide bonds. The first-order chi connectivity index (χ1) is 5.65. The van der Waals surface area contributed by atoms with Gasteiger partial charge in [0, 0.05) is 13.1 Å². The molecule has 0 fully saturated rings. The fourth-order valence-electron chi connectivity index (χ4n) is 1.17. The third-order valence-electron chi connectivity index (χ3n) is 1.65. The minimum absolute atomic E-state index is 0.203. The van der Waals surface area contributed by atoms with Gasteiger partial charge in [-0.2, -0.15) is 0 Å². The maximum Gasteiger partial charge on any atom is 0.355 e. The summed E-state index contributed by atoms with van der Waals surface area (Å²) >= 11 is 0. The highest BCUT2D eigenvalue weighted by Crippen LogP contribution is 2.10. The van der Waals surface area contributed by atoms with E-state index in [0.717, 1.165) is 0 Å². The summed E-state index contributed by atoms with van der Waals surface area (Å²) in [6, 6.07) is 0.203. The molecule has 1 aliphatic heterocycles. The molecular formula is C8H14N2O2. The van der Waals surface area contributed by atoms with Crippen molar-refractivity contribution in [2.75, 3.05) is 13.7 Å². The SMILES string of the molecule is CCOC(=O)C1=CC(C)NN1C. The predicted octanol–water partition coefficient (Wildman–Crippen LogP) is 0.272. The Bertz CT molecular complexity index is 213. The zero-order valence-electron chi connectivity index (χ0n) is 7.63. The van der Waals surface area contributed by atoms with Gasteiger partial charge in [-0.3, -0.25) is 0 Å². The number of nitrogens with zero attached hydrogens (tertiary/aromatic N) is 1. The van der Waals surface area contributed by atoms with E-state index in [-0.39, 0.29) is 12.0 Å². The minimum Gasteiger partial charge on any atom is -0.461 e. The Morgan fingerprint density at radius 2 is 2.50 bits per heavy atom. The molecule has 0 aromatic rings. The molecule has 1 aliphatic rings. The van der Waals surface area contributed by atoms with Gasteiger partial charge in [0.2, 0.25) is 0 Å². The summed E-state index contributed by atoms with van der Waals surface area (Å²) in [6.07, 6.45) is 1.85. The fraction of sp³-hybridized carbons (Fsp3) is 0.625. The van der Waals surface area contributed by atoms with E-state index in [1.165, 1.54) is 0 Å². The second-order valence-corrected chi connectivity index (χ2v) is 2.75. The molecule has 0 aromatic carbocycles. The zero-order valence-corrected chi connectivity index (χ0v) is 7.63. The van der Waals surface area contributed by atoms with Crippen LogP contribution in [0.1, 0.15) is 13.8 Å². The van der Waals surface area contributed by atoms with Crippen LogP contribution >= 0.6 is 0 Å². The summed E-state index contributed by atoms with van der Waals surface area (Å²) in [5.74, 6) is -0.267. The molecule has 1 heterocycles. The van der Waals surface area contributed by atoms with Gasteiger partial charge in [-0.15, -0.1) is 0 Å². The third-order valence-corrected chi connectivity index (χ3v) is 1.65. The molecular weight excluding hydrogens is 156 g/mol. The molecule has 68 valence electrons. The summed E-state index contributed by atoms with van der Waals surface area (Å²) in [7, 11) is 1.80. The van der Waals surface area contributed by atoms with Crippen LogP contribution < -0.4 is 5.43 Å². The maximum atomic E-state index is 11.2. The molecule has 12 heavy (non-hydrogen) atoms. The third kappa shape index (κ3) is 1.76. The Kier molecular flexibility index (Phi) is 2.70. The quantitative estimate of drug-likeness (QED) is 0.604. The van der Waals surface area contributed by atoms with Crippen LogP contribution in [0, 0.1) is 0 Å². The van der Waals surface area contributed by atoms with Crippen LogP contribution in [0.5, 0.6) is 0 Å². The van der Waals surface area contributed by atoms with E-state index in [9.17, 15) is 4.79 Å². The average Bonchev–Trinajstić information content (AvgIpc) is 2.30. The van der Waals surface area contributed by atoms with Crippen LogP contribution in [-0.2, 0) is 9.53 Å². The van der Waals surface area contributed by atoms with Crippen molar-refractivity contribution in [2.24, 2.45) is 0 Å². The Morgan fingerprint density at radius 3 is 2.92 bits per heavy atom. The van der Waals surface area contributed by atoms with E-state index in [2.05, 4.69) is 5.43 Å². The first-order valence-corrected chi connectivity index (χ1v) is 4.04. The standard InChI is InChI=1S/C8H14N2O2/c1-4-12-8(11)7-5-6(2)9-10(7)3/h5-6,9H,4H2,1-3H3. The van der Waals surface area contributed by atoms with Crippen LogP contribution in [0.4, 0.5) is 0 Å². The topological polar surface area (TPSA) is 41.6 Å². The summed E-state index contributed by atoms with van der Waals surface area (Å²) in [5, 5.41) is 1.68. The summed E-state index contributed by atoms with van der Waals surface area (Å²) in [6.45, 7) is 4.19. The highest BCUT2D eigenvalue weighted by molar-refractivity contribution is 5.88. The first kappa shape index (κ1) is 9.06. The molecule has 0 saturated heterocycles. The van der Waals surface area contributed by atoms with Crippen molar-refractivity contribution in [3.05, 3.63) is 11.8 Å². The monoisotopic (exact) mass is 170 g/mol. The van der Waals surface area contributed by atoms with Gasteiger partial charge in [-0.05, 0) is 19.9 Å². The van der Waals surface area contributed by atoms with Crippen molar-refractivity contribution in [3.63, 3.8) is 0 Å².